The predicted molar refractivity (Wildman–Crippen MR) is 94.4 cm³/mol. The van der Waals surface area contributed by atoms with Crippen LogP contribution in [0.25, 0.3) is 0 Å². The minimum absolute atomic E-state index is 0.251. The summed E-state index contributed by atoms with van der Waals surface area (Å²) in [6.45, 7) is 2.38. The first-order valence-corrected chi connectivity index (χ1v) is 8.72. The number of hydrazine groups is 1. The maximum absolute atomic E-state index is 12.1. The average Bonchev–Trinajstić information content (AvgIpc) is 2.59. The Balaban J connectivity index is 1.80. The molecule has 4 N–H and O–H groups in total. The molecule has 0 bridgehead atoms. The van der Waals surface area contributed by atoms with Crippen LogP contribution in [0.4, 0.5) is 4.79 Å². The lowest BCUT2D eigenvalue weighted by Crippen LogP contribution is -2.52. The fourth-order valence-corrected chi connectivity index (χ4v) is 2.89. The van der Waals surface area contributed by atoms with Gasteiger partial charge in [-0.1, -0.05) is 22.0 Å². The Kier molecular flexibility index (Phi) is 6.63. The number of primary amides is 1. The number of hydrogen-bond donors (Lipinski definition) is 3. The SMILES string of the molecule is C[C@H](Oc1cccc(Br)c1)C(=O)NNC(=O)[C@H]1CCCN(C(N)=O)C1. The zero-order valence-corrected chi connectivity index (χ0v) is 15.4. The van der Waals surface area contributed by atoms with E-state index in [0.717, 1.165) is 4.47 Å². The van der Waals surface area contributed by atoms with E-state index in [-0.39, 0.29) is 12.5 Å². The fraction of sp³-hybridized carbons (Fsp3) is 0.438. The van der Waals surface area contributed by atoms with Gasteiger partial charge in [0.15, 0.2) is 6.10 Å². The highest BCUT2D eigenvalue weighted by Gasteiger charge is 2.28. The summed E-state index contributed by atoms with van der Waals surface area (Å²) in [6.07, 6.45) is 0.538. The second-order valence-electron chi connectivity index (χ2n) is 5.82. The topological polar surface area (TPSA) is 114 Å². The van der Waals surface area contributed by atoms with Crippen molar-refractivity contribution in [3.63, 3.8) is 0 Å². The number of carbonyl (C=O) groups is 3. The van der Waals surface area contributed by atoms with Crippen molar-refractivity contribution in [3.8, 4) is 5.75 Å². The molecule has 1 aliphatic heterocycles. The van der Waals surface area contributed by atoms with Crippen molar-refractivity contribution in [1.29, 1.82) is 0 Å². The van der Waals surface area contributed by atoms with Crippen LogP contribution in [0, 0.1) is 5.92 Å². The van der Waals surface area contributed by atoms with Crippen LogP contribution in [0.3, 0.4) is 0 Å². The molecule has 1 fully saturated rings. The van der Waals surface area contributed by atoms with Gasteiger partial charge in [0.25, 0.3) is 5.91 Å². The van der Waals surface area contributed by atoms with E-state index >= 15 is 0 Å². The molecule has 2 rings (SSSR count). The maximum Gasteiger partial charge on any atom is 0.314 e. The first-order valence-electron chi connectivity index (χ1n) is 7.93. The number of rotatable bonds is 4. The third-order valence-corrected chi connectivity index (χ3v) is 4.38. The van der Waals surface area contributed by atoms with Crippen LogP contribution in [0.1, 0.15) is 19.8 Å². The van der Waals surface area contributed by atoms with E-state index < -0.39 is 24.0 Å². The predicted octanol–water partition coefficient (Wildman–Crippen LogP) is 1.15. The first-order chi connectivity index (χ1) is 11.9. The van der Waals surface area contributed by atoms with Crippen LogP contribution in [0.2, 0.25) is 0 Å². The van der Waals surface area contributed by atoms with Gasteiger partial charge in [0.05, 0.1) is 5.92 Å². The molecule has 0 saturated carbocycles. The highest BCUT2D eigenvalue weighted by Crippen LogP contribution is 2.19. The standard InChI is InChI=1S/C16H21BrN4O4/c1-10(25-13-6-2-5-12(17)8-13)14(22)19-20-15(23)11-4-3-7-21(9-11)16(18)24/h2,5-6,8,10-11H,3-4,7,9H2,1H3,(H2,18,24)(H,19,22)(H,20,23)/t10-,11-/m0/s1. The van der Waals surface area contributed by atoms with E-state index in [2.05, 4.69) is 26.8 Å². The molecule has 8 nitrogen and oxygen atoms in total. The zero-order valence-electron chi connectivity index (χ0n) is 13.8. The van der Waals surface area contributed by atoms with E-state index in [1.165, 1.54) is 4.90 Å². The molecule has 9 heteroatoms. The van der Waals surface area contributed by atoms with Crippen LogP contribution in [-0.2, 0) is 9.59 Å². The van der Waals surface area contributed by atoms with Crippen molar-refractivity contribution in [2.24, 2.45) is 11.7 Å². The summed E-state index contributed by atoms with van der Waals surface area (Å²) in [5.41, 5.74) is 9.97. The van der Waals surface area contributed by atoms with Crippen molar-refractivity contribution in [2.45, 2.75) is 25.9 Å². The van der Waals surface area contributed by atoms with E-state index in [1.54, 1.807) is 25.1 Å². The summed E-state index contributed by atoms with van der Waals surface area (Å²) in [7, 11) is 0. The first kappa shape index (κ1) is 19.0. The monoisotopic (exact) mass is 412 g/mol. The van der Waals surface area contributed by atoms with Crippen molar-refractivity contribution < 1.29 is 19.1 Å². The molecule has 2 atom stereocenters. The van der Waals surface area contributed by atoms with Crippen molar-refractivity contribution in [3.05, 3.63) is 28.7 Å². The second kappa shape index (κ2) is 8.70. The number of likely N-dealkylation sites (tertiary alicyclic amines) is 1. The summed E-state index contributed by atoms with van der Waals surface area (Å²) in [6, 6.07) is 6.56. The normalized spacial score (nSPS) is 18.2. The third-order valence-electron chi connectivity index (χ3n) is 3.89. The molecular formula is C16H21BrN4O4. The number of nitrogens with two attached hydrogens (primary N) is 1. The Morgan fingerprint density at radius 1 is 1.36 bits per heavy atom. The third kappa shape index (κ3) is 5.63. The van der Waals surface area contributed by atoms with Gasteiger partial charge in [-0.05, 0) is 38.0 Å². The molecule has 0 aliphatic carbocycles. The fourth-order valence-electron chi connectivity index (χ4n) is 2.52. The summed E-state index contributed by atoms with van der Waals surface area (Å²) in [4.78, 5) is 36.8. The number of halogens is 1. The maximum atomic E-state index is 12.1. The summed E-state index contributed by atoms with van der Waals surface area (Å²) in [5.74, 6) is -0.694. The van der Waals surface area contributed by atoms with Gasteiger partial charge in [0.1, 0.15) is 5.75 Å². The van der Waals surface area contributed by atoms with Crippen LogP contribution < -0.4 is 21.3 Å². The Morgan fingerprint density at radius 3 is 2.80 bits per heavy atom. The van der Waals surface area contributed by atoms with Crippen LogP contribution in [-0.4, -0.2) is 41.9 Å². The molecule has 1 aromatic carbocycles. The summed E-state index contributed by atoms with van der Waals surface area (Å²) in [5, 5.41) is 0. The number of urea groups is 1. The lowest BCUT2D eigenvalue weighted by Gasteiger charge is -2.30. The molecule has 0 radical (unpaired) electrons. The van der Waals surface area contributed by atoms with Gasteiger partial charge in [0, 0.05) is 17.6 Å². The average molecular weight is 413 g/mol. The highest BCUT2D eigenvalue weighted by atomic mass is 79.9. The van der Waals surface area contributed by atoms with E-state index in [4.69, 9.17) is 10.5 Å². The molecule has 0 spiro atoms. The lowest BCUT2D eigenvalue weighted by molar-refractivity contribution is -0.134. The van der Waals surface area contributed by atoms with E-state index in [1.807, 2.05) is 6.07 Å². The molecule has 0 unspecified atom stereocenters. The molecule has 25 heavy (non-hydrogen) atoms. The zero-order chi connectivity index (χ0) is 18.4. The van der Waals surface area contributed by atoms with E-state index in [0.29, 0.717) is 25.1 Å². The number of piperidine rings is 1. The van der Waals surface area contributed by atoms with E-state index in [9.17, 15) is 14.4 Å². The van der Waals surface area contributed by atoms with Crippen LogP contribution >= 0.6 is 15.9 Å². The van der Waals surface area contributed by atoms with Crippen molar-refractivity contribution >= 4 is 33.8 Å². The number of ether oxygens (including phenoxy) is 1. The number of nitrogens with zero attached hydrogens (tertiary/aromatic N) is 1. The summed E-state index contributed by atoms with van der Waals surface area (Å²) < 4.78 is 6.36. The number of benzene rings is 1. The van der Waals surface area contributed by atoms with Gasteiger partial charge >= 0.3 is 6.03 Å². The molecule has 1 saturated heterocycles. The van der Waals surface area contributed by atoms with Gasteiger partial charge in [0.2, 0.25) is 5.91 Å². The second-order valence-corrected chi connectivity index (χ2v) is 6.74. The van der Waals surface area contributed by atoms with Gasteiger partial charge in [-0.25, -0.2) is 4.79 Å². The molecule has 4 amide bonds. The van der Waals surface area contributed by atoms with Gasteiger partial charge in [-0.15, -0.1) is 0 Å². The highest BCUT2D eigenvalue weighted by molar-refractivity contribution is 9.10. The lowest BCUT2D eigenvalue weighted by atomic mass is 9.98. The molecule has 1 heterocycles. The van der Waals surface area contributed by atoms with Crippen molar-refractivity contribution in [1.82, 2.24) is 15.8 Å². The van der Waals surface area contributed by atoms with Crippen LogP contribution in [0.5, 0.6) is 5.75 Å². The number of amides is 4. The number of nitrogens with one attached hydrogen (secondary N) is 2. The Bertz CT molecular complexity index is 655. The Morgan fingerprint density at radius 2 is 2.12 bits per heavy atom. The molecule has 1 aromatic rings. The smallest absolute Gasteiger partial charge is 0.314 e. The number of hydrogen-bond acceptors (Lipinski definition) is 4. The molecule has 136 valence electrons. The Labute approximate surface area is 154 Å². The summed E-state index contributed by atoms with van der Waals surface area (Å²) >= 11 is 3.32. The van der Waals surface area contributed by atoms with Crippen LogP contribution in [0.15, 0.2) is 28.7 Å². The number of carbonyl (C=O) groups excluding carboxylic acids is 3. The Hall–Kier alpha value is -2.29. The minimum Gasteiger partial charge on any atom is -0.481 e. The van der Waals surface area contributed by atoms with Gasteiger partial charge < -0.3 is 15.4 Å². The molecular weight excluding hydrogens is 392 g/mol. The van der Waals surface area contributed by atoms with Crippen molar-refractivity contribution in [2.75, 3.05) is 13.1 Å². The quantitative estimate of drug-likeness (QED) is 0.643. The van der Waals surface area contributed by atoms with Gasteiger partial charge in [-0.2, -0.15) is 0 Å². The molecule has 1 aliphatic rings. The minimum atomic E-state index is -0.789. The largest absolute Gasteiger partial charge is 0.481 e. The molecule has 0 aromatic heterocycles. The van der Waals surface area contributed by atoms with Gasteiger partial charge in [-0.3, -0.25) is 20.4 Å².